The quantitative estimate of drug-likeness (QED) is 0.729. The molecule has 0 bridgehead atoms. The lowest BCUT2D eigenvalue weighted by molar-refractivity contribution is 0.212. The Kier molecular flexibility index (Phi) is 1.87. The summed E-state index contributed by atoms with van der Waals surface area (Å²) in [6.07, 6.45) is 2.43. The van der Waals surface area contributed by atoms with Gasteiger partial charge in [0.25, 0.3) is 0 Å². The Balaban J connectivity index is 2.20. The maximum absolute atomic E-state index is 9.12. The smallest absolute Gasteiger partial charge is 0.158 e. The van der Waals surface area contributed by atoms with Crippen molar-refractivity contribution in [2.24, 2.45) is 0 Å². The zero-order valence-electron chi connectivity index (χ0n) is 8.04. The van der Waals surface area contributed by atoms with Crippen molar-refractivity contribution < 1.29 is 5.11 Å². The van der Waals surface area contributed by atoms with Crippen molar-refractivity contribution in [2.75, 3.05) is 6.61 Å². The highest BCUT2D eigenvalue weighted by atomic mass is 16.3. The van der Waals surface area contributed by atoms with E-state index in [4.69, 9.17) is 5.11 Å². The third-order valence-corrected chi connectivity index (χ3v) is 2.47. The van der Waals surface area contributed by atoms with Crippen molar-refractivity contribution in [3.63, 3.8) is 0 Å². The molecule has 0 spiro atoms. The van der Waals surface area contributed by atoms with Gasteiger partial charge < -0.3 is 5.11 Å². The highest BCUT2D eigenvalue weighted by molar-refractivity contribution is 5.10. The van der Waals surface area contributed by atoms with Crippen LogP contribution in [0.15, 0.2) is 0 Å². The molecule has 1 heterocycles. The molecule has 13 heavy (non-hydrogen) atoms. The highest BCUT2D eigenvalue weighted by Gasteiger charge is 2.30. The molecule has 1 aromatic heterocycles. The standard InChI is InChI=1S/C9H15N3O/c1-9(2,5-13)8-10-7(11-12-8)6-3-4-6/h6,13H,3-5H2,1-2H3,(H,10,11,12). The molecule has 0 saturated heterocycles. The van der Waals surface area contributed by atoms with E-state index in [1.54, 1.807) is 0 Å². The summed E-state index contributed by atoms with van der Waals surface area (Å²) in [6, 6.07) is 0. The summed E-state index contributed by atoms with van der Waals surface area (Å²) in [4.78, 5) is 4.39. The summed E-state index contributed by atoms with van der Waals surface area (Å²) in [5.41, 5.74) is -0.330. The van der Waals surface area contributed by atoms with Crippen LogP contribution in [0.25, 0.3) is 0 Å². The van der Waals surface area contributed by atoms with Crippen LogP contribution in [-0.2, 0) is 5.41 Å². The lowest BCUT2D eigenvalue weighted by atomic mass is 9.94. The number of nitrogens with zero attached hydrogens (tertiary/aromatic N) is 2. The molecule has 4 heteroatoms. The molecule has 2 rings (SSSR count). The molecule has 1 aliphatic rings. The van der Waals surface area contributed by atoms with E-state index >= 15 is 0 Å². The second-order valence-corrected chi connectivity index (χ2v) is 4.36. The van der Waals surface area contributed by atoms with E-state index in [1.807, 2.05) is 13.8 Å². The molecule has 1 fully saturated rings. The van der Waals surface area contributed by atoms with Gasteiger partial charge in [-0.2, -0.15) is 5.10 Å². The minimum atomic E-state index is -0.330. The molecule has 4 nitrogen and oxygen atoms in total. The second kappa shape index (κ2) is 2.80. The van der Waals surface area contributed by atoms with E-state index in [-0.39, 0.29) is 12.0 Å². The number of rotatable bonds is 3. The molecule has 0 amide bonds. The van der Waals surface area contributed by atoms with E-state index in [9.17, 15) is 0 Å². The van der Waals surface area contributed by atoms with Crippen molar-refractivity contribution in [2.45, 2.75) is 38.0 Å². The number of aliphatic hydroxyl groups excluding tert-OH is 1. The summed E-state index contributed by atoms with van der Waals surface area (Å²) in [7, 11) is 0. The zero-order valence-corrected chi connectivity index (χ0v) is 8.04. The summed E-state index contributed by atoms with van der Waals surface area (Å²) >= 11 is 0. The van der Waals surface area contributed by atoms with Crippen LogP contribution in [0.2, 0.25) is 0 Å². The Labute approximate surface area is 77.4 Å². The van der Waals surface area contributed by atoms with Crippen LogP contribution in [-0.4, -0.2) is 26.9 Å². The van der Waals surface area contributed by atoms with E-state index in [0.29, 0.717) is 5.92 Å². The number of aromatic nitrogens is 3. The van der Waals surface area contributed by atoms with Crippen LogP contribution in [0.4, 0.5) is 0 Å². The van der Waals surface area contributed by atoms with Gasteiger partial charge in [0.1, 0.15) is 5.82 Å². The van der Waals surface area contributed by atoms with Crippen LogP contribution in [0.3, 0.4) is 0 Å². The highest BCUT2D eigenvalue weighted by Crippen LogP contribution is 2.38. The van der Waals surface area contributed by atoms with Crippen LogP contribution in [0.5, 0.6) is 0 Å². The van der Waals surface area contributed by atoms with E-state index in [0.717, 1.165) is 11.6 Å². The SMILES string of the molecule is CC(C)(CO)c1n[nH]c(C2CC2)n1. The Morgan fingerprint density at radius 2 is 2.23 bits per heavy atom. The van der Waals surface area contributed by atoms with E-state index < -0.39 is 0 Å². The lowest BCUT2D eigenvalue weighted by Gasteiger charge is -2.16. The minimum Gasteiger partial charge on any atom is -0.395 e. The summed E-state index contributed by atoms with van der Waals surface area (Å²) in [5.74, 6) is 2.30. The summed E-state index contributed by atoms with van der Waals surface area (Å²) in [6.45, 7) is 3.95. The molecule has 0 aromatic carbocycles. The predicted octanol–water partition coefficient (Wildman–Crippen LogP) is 0.952. The lowest BCUT2D eigenvalue weighted by Crippen LogP contribution is -2.23. The molecule has 0 aliphatic heterocycles. The molecule has 0 atom stereocenters. The first kappa shape index (κ1) is 8.69. The minimum absolute atomic E-state index is 0.0783. The van der Waals surface area contributed by atoms with Gasteiger partial charge in [0.05, 0.1) is 6.61 Å². The monoisotopic (exact) mass is 181 g/mol. The molecule has 1 aliphatic carbocycles. The van der Waals surface area contributed by atoms with Gasteiger partial charge in [-0.3, -0.25) is 5.10 Å². The van der Waals surface area contributed by atoms with Crippen LogP contribution in [0, 0.1) is 0 Å². The Morgan fingerprint density at radius 3 is 2.77 bits per heavy atom. The van der Waals surface area contributed by atoms with Crippen molar-refractivity contribution in [3.05, 3.63) is 11.6 Å². The van der Waals surface area contributed by atoms with Gasteiger partial charge in [-0.1, -0.05) is 13.8 Å². The topological polar surface area (TPSA) is 61.8 Å². The molecule has 1 saturated carbocycles. The average Bonchev–Trinajstić information content (AvgIpc) is 2.83. The number of H-pyrrole nitrogens is 1. The van der Waals surface area contributed by atoms with Gasteiger partial charge in [0.2, 0.25) is 0 Å². The van der Waals surface area contributed by atoms with Gasteiger partial charge in [-0.05, 0) is 12.8 Å². The van der Waals surface area contributed by atoms with Crippen LogP contribution < -0.4 is 0 Å². The fourth-order valence-corrected chi connectivity index (χ4v) is 1.19. The van der Waals surface area contributed by atoms with Crippen molar-refractivity contribution in [1.29, 1.82) is 0 Å². The summed E-state index contributed by atoms with van der Waals surface area (Å²) < 4.78 is 0. The average molecular weight is 181 g/mol. The van der Waals surface area contributed by atoms with Gasteiger partial charge >= 0.3 is 0 Å². The fourth-order valence-electron chi connectivity index (χ4n) is 1.19. The largest absolute Gasteiger partial charge is 0.395 e. The third-order valence-electron chi connectivity index (χ3n) is 2.47. The van der Waals surface area contributed by atoms with Crippen molar-refractivity contribution in [3.8, 4) is 0 Å². The third kappa shape index (κ3) is 1.58. The van der Waals surface area contributed by atoms with Gasteiger partial charge in [-0.25, -0.2) is 4.98 Å². The first-order valence-electron chi connectivity index (χ1n) is 4.67. The van der Waals surface area contributed by atoms with Gasteiger partial charge in [0.15, 0.2) is 5.82 Å². The van der Waals surface area contributed by atoms with Gasteiger partial charge in [0, 0.05) is 11.3 Å². The predicted molar refractivity (Wildman–Crippen MR) is 48.5 cm³/mol. The number of aliphatic hydroxyl groups is 1. The van der Waals surface area contributed by atoms with Crippen LogP contribution >= 0.6 is 0 Å². The molecular weight excluding hydrogens is 166 g/mol. The summed E-state index contributed by atoms with van der Waals surface area (Å²) in [5, 5.41) is 16.2. The first-order valence-corrected chi connectivity index (χ1v) is 4.67. The molecule has 0 unspecified atom stereocenters. The Morgan fingerprint density at radius 1 is 1.54 bits per heavy atom. The number of nitrogens with one attached hydrogen (secondary N) is 1. The number of hydrogen-bond donors (Lipinski definition) is 2. The second-order valence-electron chi connectivity index (χ2n) is 4.36. The Bertz CT molecular complexity index is 302. The fraction of sp³-hybridized carbons (Fsp3) is 0.778. The maximum atomic E-state index is 9.12. The van der Waals surface area contributed by atoms with Crippen LogP contribution in [0.1, 0.15) is 44.3 Å². The normalized spacial score (nSPS) is 17.8. The number of hydrogen-bond acceptors (Lipinski definition) is 3. The maximum Gasteiger partial charge on any atom is 0.158 e. The van der Waals surface area contributed by atoms with E-state index in [1.165, 1.54) is 12.8 Å². The van der Waals surface area contributed by atoms with Crippen molar-refractivity contribution in [1.82, 2.24) is 15.2 Å². The molecule has 2 N–H and O–H groups in total. The molecule has 0 radical (unpaired) electrons. The van der Waals surface area contributed by atoms with E-state index in [2.05, 4.69) is 15.2 Å². The zero-order chi connectivity index (χ0) is 9.47. The van der Waals surface area contributed by atoms with Gasteiger partial charge in [-0.15, -0.1) is 0 Å². The van der Waals surface area contributed by atoms with Crippen molar-refractivity contribution >= 4 is 0 Å². The molecular formula is C9H15N3O. The Hall–Kier alpha value is -0.900. The number of aromatic amines is 1. The first-order chi connectivity index (χ1) is 6.13. The molecule has 72 valence electrons. The molecule has 1 aromatic rings.